The van der Waals surface area contributed by atoms with Crippen molar-refractivity contribution in [3.63, 3.8) is 0 Å². The zero-order valence-corrected chi connectivity index (χ0v) is 16.7. The normalized spacial score (nSPS) is 14.8. The molecule has 0 spiro atoms. The maximum Gasteiger partial charge on any atom is 0.418 e. The third kappa shape index (κ3) is 5.96. The number of nitrogens with zero attached hydrogens (tertiary/aromatic N) is 1. The van der Waals surface area contributed by atoms with Gasteiger partial charge in [0.05, 0.1) is 24.5 Å². The summed E-state index contributed by atoms with van der Waals surface area (Å²) in [6.07, 6.45) is -4.71. The molecule has 0 radical (unpaired) electrons. The molecule has 1 heterocycles. The highest BCUT2D eigenvalue weighted by Crippen LogP contribution is 2.38. The van der Waals surface area contributed by atoms with Crippen LogP contribution >= 0.6 is 0 Å². The van der Waals surface area contributed by atoms with Crippen LogP contribution in [0, 0.1) is 0 Å². The van der Waals surface area contributed by atoms with E-state index in [0.717, 1.165) is 25.2 Å². The van der Waals surface area contributed by atoms with Gasteiger partial charge in [-0.2, -0.15) is 13.2 Å². The highest BCUT2D eigenvalue weighted by atomic mass is 19.4. The van der Waals surface area contributed by atoms with Gasteiger partial charge in [0, 0.05) is 31.7 Å². The van der Waals surface area contributed by atoms with Gasteiger partial charge in [-0.3, -0.25) is 9.69 Å². The molecule has 0 unspecified atom stereocenters. The van der Waals surface area contributed by atoms with Crippen molar-refractivity contribution in [3.8, 4) is 11.1 Å². The molecule has 1 fully saturated rings. The van der Waals surface area contributed by atoms with E-state index < -0.39 is 23.7 Å². The van der Waals surface area contributed by atoms with Crippen molar-refractivity contribution in [1.82, 2.24) is 10.2 Å². The molecule has 0 aromatic heterocycles. The number of morpholine rings is 1. The van der Waals surface area contributed by atoms with E-state index in [1.807, 2.05) is 0 Å². The maximum absolute atomic E-state index is 13.7. The van der Waals surface area contributed by atoms with Gasteiger partial charge in [0.1, 0.15) is 0 Å². The van der Waals surface area contributed by atoms with E-state index in [-0.39, 0.29) is 28.9 Å². The van der Waals surface area contributed by atoms with Crippen LogP contribution in [0.3, 0.4) is 0 Å². The summed E-state index contributed by atoms with van der Waals surface area (Å²) >= 11 is 0. The number of ether oxygens (including phenoxy) is 1. The number of halogens is 3. The van der Waals surface area contributed by atoms with Crippen molar-refractivity contribution in [2.75, 3.05) is 44.7 Å². The van der Waals surface area contributed by atoms with Crippen LogP contribution in [0.4, 0.5) is 23.7 Å². The summed E-state index contributed by atoms with van der Waals surface area (Å²) in [5.41, 5.74) is 4.49. The lowest BCUT2D eigenvalue weighted by molar-refractivity contribution is -0.136. The van der Waals surface area contributed by atoms with Crippen LogP contribution < -0.4 is 16.4 Å². The number of alkyl halides is 3. The molecule has 10 heteroatoms. The van der Waals surface area contributed by atoms with E-state index in [0.29, 0.717) is 19.8 Å². The molecule has 0 aliphatic carbocycles. The average Bonchev–Trinajstić information content (AvgIpc) is 2.74. The first-order valence-electron chi connectivity index (χ1n) is 9.71. The Hall–Kier alpha value is -3.11. The Labute approximate surface area is 177 Å². The second kappa shape index (κ2) is 9.80. The van der Waals surface area contributed by atoms with Crippen LogP contribution in [-0.2, 0) is 10.9 Å². The predicted octanol–water partition coefficient (Wildman–Crippen LogP) is 2.93. The second-order valence-corrected chi connectivity index (χ2v) is 7.00. The third-order valence-electron chi connectivity index (χ3n) is 4.89. The summed E-state index contributed by atoms with van der Waals surface area (Å²) in [6, 6.07) is 8.86. The highest BCUT2D eigenvalue weighted by molar-refractivity contribution is 6.00. The lowest BCUT2D eigenvalue weighted by atomic mass is 9.97. The zero-order valence-electron chi connectivity index (χ0n) is 16.7. The van der Waals surface area contributed by atoms with E-state index in [1.54, 1.807) is 12.1 Å². The molecular formula is C21H23F3N4O3. The first kappa shape index (κ1) is 22.6. The third-order valence-corrected chi connectivity index (χ3v) is 4.89. The van der Waals surface area contributed by atoms with Crippen molar-refractivity contribution < 1.29 is 27.5 Å². The number of anilines is 1. The van der Waals surface area contributed by atoms with Crippen LogP contribution in [0.2, 0.25) is 0 Å². The van der Waals surface area contributed by atoms with Crippen LogP contribution in [0.5, 0.6) is 0 Å². The number of nitrogens with two attached hydrogens (primary N) is 1. The molecule has 0 saturated carbocycles. The number of carbonyl (C=O) groups excluding carboxylic acids is 2. The molecule has 0 bridgehead atoms. The Morgan fingerprint density at radius 2 is 1.81 bits per heavy atom. The standard InChI is InChI=1S/C21H23F3N4O3/c22-21(23,24)17-13-14(15-3-1-2-4-16(15)19(25)29)5-6-18(17)27-20(30)26-7-8-28-9-11-31-12-10-28/h1-6,13H,7-12H2,(H2,25,29)(H2,26,27,30). The molecule has 0 atom stereocenters. The van der Waals surface area contributed by atoms with Crippen molar-refractivity contribution in [2.24, 2.45) is 5.73 Å². The van der Waals surface area contributed by atoms with Gasteiger partial charge in [0.25, 0.3) is 0 Å². The van der Waals surface area contributed by atoms with Crippen LogP contribution in [0.1, 0.15) is 15.9 Å². The van der Waals surface area contributed by atoms with Gasteiger partial charge in [0.2, 0.25) is 5.91 Å². The fraction of sp³-hybridized carbons (Fsp3) is 0.333. The van der Waals surface area contributed by atoms with Gasteiger partial charge in [-0.05, 0) is 29.3 Å². The molecule has 1 aliphatic rings. The Morgan fingerprint density at radius 3 is 2.48 bits per heavy atom. The number of nitrogens with one attached hydrogen (secondary N) is 2. The summed E-state index contributed by atoms with van der Waals surface area (Å²) in [5, 5.41) is 4.83. The number of benzene rings is 2. The number of rotatable bonds is 6. The number of hydrogen-bond acceptors (Lipinski definition) is 4. The van der Waals surface area contributed by atoms with Crippen molar-refractivity contribution in [1.29, 1.82) is 0 Å². The molecule has 1 aliphatic heterocycles. The topological polar surface area (TPSA) is 96.7 Å². The summed E-state index contributed by atoms with van der Waals surface area (Å²) in [6.45, 7) is 3.59. The van der Waals surface area contributed by atoms with E-state index in [9.17, 15) is 22.8 Å². The highest BCUT2D eigenvalue weighted by Gasteiger charge is 2.34. The first-order valence-corrected chi connectivity index (χ1v) is 9.71. The summed E-state index contributed by atoms with van der Waals surface area (Å²) < 4.78 is 46.2. The Balaban J connectivity index is 1.75. The van der Waals surface area contributed by atoms with E-state index in [2.05, 4.69) is 15.5 Å². The van der Waals surface area contributed by atoms with Gasteiger partial charge >= 0.3 is 12.2 Å². The molecule has 7 nitrogen and oxygen atoms in total. The zero-order chi connectivity index (χ0) is 22.4. The molecular weight excluding hydrogens is 413 g/mol. The van der Waals surface area contributed by atoms with E-state index >= 15 is 0 Å². The number of urea groups is 1. The van der Waals surface area contributed by atoms with Gasteiger partial charge in [0.15, 0.2) is 0 Å². The molecule has 4 N–H and O–H groups in total. The summed E-state index contributed by atoms with van der Waals surface area (Å²) in [4.78, 5) is 25.9. The summed E-state index contributed by atoms with van der Waals surface area (Å²) in [5.74, 6) is -0.744. The van der Waals surface area contributed by atoms with Gasteiger partial charge in [-0.25, -0.2) is 4.79 Å². The lowest BCUT2D eigenvalue weighted by Gasteiger charge is -2.26. The van der Waals surface area contributed by atoms with Gasteiger partial charge < -0.3 is 21.1 Å². The fourth-order valence-corrected chi connectivity index (χ4v) is 3.32. The number of hydrogen-bond donors (Lipinski definition) is 3. The predicted molar refractivity (Wildman–Crippen MR) is 110 cm³/mol. The van der Waals surface area contributed by atoms with Crippen LogP contribution in [0.15, 0.2) is 42.5 Å². The van der Waals surface area contributed by atoms with Crippen LogP contribution in [0.25, 0.3) is 11.1 Å². The molecule has 2 aromatic carbocycles. The summed E-state index contributed by atoms with van der Waals surface area (Å²) in [7, 11) is 0. The van der Waals surface area contributed by atoms with Crippen molar-refractivity contribution in [3.05, 3.63) is 53.6 Å². The molecule has 31 heavy (non-hydrogen) atoms. The molecule has 1 saturated heterocycles. The minimum Gasteiger partial charge on any atom is -0.379 e. The Morgan fingerprint density at radius 1 is 1.10 bits per heavy atom. The Kier molecular flexibility index (Phi) is 7.13. The van der Waals surface area contributed by atoms with Crippen LogP contribution in [-0.4, -0.2) is 56.2 Å². The largest absolute Gasteiger partial charge is 0.418 e. The van der Waals surface area contributed by atoms with Gasteiger partial charge in [-0.1, -0.05) is 24.3 Å². The maximum atomic E-state index is 13.7. The van der Waals surface area contributed by atoms with Crippen molar-refractivity contribution in [2.45, 2.75) is 6.18 Å². The molecule has 2 aromatic rings. The van der Waals surface area contributed by atoms with E-state index in [1.165, 1.54) is 18.2 Å². The minimum absolute atomic E-state index is 0.109. The minimum atomic E-state index is -4.71. The number of amides is 3. The van der Waals surface area contributed by atoms with E-state index in [4.69, 9.17) is 10.5 Å². The first-order chi connectivity index (χ1) is 14.8. The number of primary amides is 1. The SMILES string of the molecule is NC(=O)c1ccccc1-c1ccc(NC(=O)NCCN2CCOCC2)c(C(F)(F)F)c1. The quantitative estimate of drug-likeness (QED) is 0.649. The van der Waals surface area contributed by atoms with Gasteiger partial charge in [-0.15, -0.1) is 0 Å². The average molecular weight is 436 g/mol. The molecule has 3 rings (SSSR count). The van der Waals surface area contributed by atoms with Crippen molar-refractivity contribution >= 4 is 17.6 Å². The molecule has 3 amide bonds. The fourth-order valence-electron chi connectivity index (χ4n) is 3.32. The molecule has 166 valence electrons. The monoisotopic (exact) mass is 436 g/mol. The second-order valence-electron chi connectivity index (χ2n) is 7.00. The smallest absolute Gasteiger partial charge is 0.379 e. The lowest BCUT2D eigenvalue weighted by Crippen LogP contribution is -2.42. The number of carbonyl (C=O) groups is 2. The Bertz CT molecular complexity index is 944.